The van der Waals surface area contributed by atoms with Crippen LogP contribution in [0.3, 0.4) is 0 Å². The Balaban J connectivity index is 3.25. The summed E-state index contributed by atoms with van der Waals surface area (Å²) in [5, 5.41) is 10.1. The Bertz CT molecular complexity index is 507. The number of anilines is 1. The Morgan fingerprint density at radius 1 is 1.20 bits per heavy atom. The average molecular weight is 275 g/mol. The summed E-state index contributed by atoms with van der Waals surface area (Å²) in [6.07, 6.45) is 1.71. The monoisotopic (exact) mass is 275 g/mol. The molecule has 112 valence electrons. The molecule has 0 aliphatic heterocycles. The van der Waals surface area contributed by atoms with E-state index in [4.69, 9.17) is 5.73 Å². The number of nitrogens with two attached hydrogens (primary N) is 1. The lowest BCUT2D eigenvalue weighted by Crippen LogP contribution is -2.25. The van der Waals surface area contributed by atoms with E-state index in [2.05, 4.69) is 47.3 Å². The van der Waals surface area contributed by atoms with Crippen LogP contribution in [-0.2, 0) is 11.8 Å². The number of phenolic OH excluding ortho intramolecular Hbond substituents is 1. The molecule has 0 spiro atoms. The van der Waals surface area contributed by atoms with Crippen molar-refractivity contribution in [2.45, 2.75) is 59.8 Å². The lowest BCUT2D eigenvalue weighted by molar-refractivity contribution is 0.284. The van der Waals surface area contributed by atoms with Crippen LogP contribution >= 0.6 is 0 Å². The third kappa shape index (κ3) is 4.29. The van der Waals surface area contributed by atoms with Gasteiger partial charge in [0.05, 0.1) is 5.69 Å². The van der Waals surface area contributed by atoms with Crippen LogP contribution < -0.4 is 5.73 Å². The van der Waals surface area contributed by atoms with Gasteiger partial charge in [0.2, 0.25) is 0 Å². The van der Waals surface area contributed by atoms with Crippen molar-refractivity contribution in [1.29, 1.82) is 0 Å². The number of aromatic hydroxyl groups is 1. The summed E-state index contributed by atoms with van der Waals surface area (Å²) in [4.78, 5) is 0. The van der Waals surface area contributed by atoms with Crippen molar-refractivity contribution < 1.29 is 5.11 Å². The fraction of sp³-hybridized carbons (Fsp3) is 0.556. The summed E-state index contributed by atoms with van der Waals surface area (Å²) in [6.45, 7) is 17.1. The second-order valence-electron chi connectivity index (χ2n) is 7.83. The molecule has 0 bridgehead atoms. The Hall–Kier alpha value is -1.44. The maximum atomic E-state index is 10.1. The molecule has 0 saturated carbocycles. The maximum Gasteiger partial charge on any atom is 0.141 e. The second kappa shape index (κ2) is 5.51. The van der Waals surface area contributed by atoms with E-state index < -0.39 is 0 Å². The summed E-state index contributed by atoms with van der Waals surface area (Å²) in [7, 11) is 0. The Labute approximate surface area is 123 Å². The maximum absolute atomic E-state index is 10.1. The van der Waals surface area contributed by atoms with Gasteiger partial charge < -0.3 is 10.8 Å². The first kappa shape index (κ1) is 16.6. The first-order valence-electron chi connectivity index (χ1n) is 7.18. The van der Waals surface area contributed by atoms with E-state index in [1.807, 2.05) is 13.0 Å². The zero-order valence-electron chi connectivity index (χ0n) is 13.8. The molecule has 2 nitrogen and oxygen atoms in total. The smallest absolute Gasteiger partial charge is 0.141 e. The molecule has 0 saturated heterocycles. The van der Waals surface area contributed by atoms with Gasteiger partial charge in [-0.1, -0.05) is 52.8 Å². The molecule has 1 aromatic rings. The summed E-state index contributed by atoms with van der Waals surface area (Å²) in [6, 6.07) is 3.98. The molecule has 1 rings (SSSR count). The number of hydrogen-bond donors (Lipinski definition) is 2. The van der Waals surface area contributed by atoms with E-state index in [1.54, 1.807) is 0 Å². The van der Waals surface area contributed by atoms with Crippen LogP contribution in [0.15, 0.2) is 24.3 Å². The molecular formula is C18H29NO. The molecule has 3 N–H and O–H groups in total. The fourth-order valence-electron chi connectivity index (χ4n) is 3.00. The number of hydrogen-bond acceptors (Lipinski definition) is 2. The zero-order valence-corrected chi connectivity index (χ0v) is 13.8. The van der Waals surface area contributed by atoms with E-state index in [1.165, 1.54) is 5.56 Å². The zero-order chi connectivity index (χ0) is 15.7. The van der Waals surface area contributed by atoms with E-state index in [0.717, 1.165) is 17.6 Å². The van der Waals surface area contributed by atoms with Gasteiger partial charge in [-0.05, 0) is 42.2 Å². The number of phenols is 1. The minimum atomic E-state index is 0.0178. The highest BCUT2D eigenvalue weighted by molar-refractivity contribution is 5.59. The molecule has 0 radical (unpaired) electrons. The first-order chi connectivity index (χ1) is 8.92. The number of benzene rings is 1. The summed E-state index contributed by atoms with van der Waals surface area (Å²) in [5.41, 5.74) is 9.76. The van der Waals surface area contributed by atoms with E-state index in [9.17, 15) is 5.11 Å². The highest BCUT2D eigenvalue weighted by Crippen LogP contribution is 2.39. The third-order valence-corrected chi connectivity index (χ3v) is 3.46. The van der Waals surface area contributed by atoms with E-state index >= 15 is 0 Å². The van der Waals surface area contributed by atoms with Crippen LogP contribution in [0, 0.1) is 5.41 Å². The summed E-state index contributed by atoms with van der Waals surface area (Å²) >= 11 is 0. The normalized spacial score (nSPS) is 12.5. The molecular weight excluding hydrogens is 246 g/mol. The largest absolute Gasteiger partial charge is 0.505 e. The van der Waals surface area contributed by atoms with Gasteiger partial charge in [-0.25, -0.2) is 0 Å². The topological polar surface area (TPSA) is 46.2 Å². The number of nitrogen functional groups attached to an aromatic ring is 1. The van der Waals surface area contributed by atoms with Gasteiger partial charge in [-0.2, -0.15) is 0 Å². The van der Waals surface area contributed by atoms with Crippen LogP contribution in [0.5, 0.6) is 5.75 Å². The summed E-state index contributed by atoms with van der Waals surface area (Å²) in [5.74, 6) is 0.198. The number of allylic oxidation sites excluding steroid dienone is 1. The minimum absolute atomic E-state index is 0.0178. The first-order valence-corrected chi connectivity index (χ1v) is 7.18. The molecule has 0 fully saturated rings. The van der Waals surface area contributed by atoms with Gasteiger partial charge in [0, 0.05) is 5.56 Å². The van der Waals surface area contributed by atoms with Crippen molar-refractivity contribution in [2.75, 3.05) is 5.73 Å². The molecule has 0 aliphatic rings. The molecule has 0 unspecified atom stereocenters. The van der Waals surface area contributed by atoms with Crippen LogP contribution in [0.4, 0.5) is 5.69 Å². The van der Waals surface area contributed by atoms with Gasteiger partial charge in [0.25, 0.3) is 0 Å². The van der Waals surface area contributed by atoms with Crippen LogP contribution in [0.2, 0.25) is 0 Å². The predicted molar refractivity (Wildman–Crippen MR) is 88.1 cm³/mol. The van der Waals surface area contributed by atoms with Crippen molar-refractivity contribution >= 4 is 5.69 Å². The van der Waals surface area contributed by atoms with Crippen LogP contribution in [0.1, 0.15) is 59.1 Å². The third-order valence-electron chi connectivity index (χ3n) is 3.46. The van der Waals surface area contributed by atoms with E-state index in [0.29, 0.717) is 12.1 Å². The fourth-order valence-corrected chi connectivity index (χ4v) is 3.00. The molecule has 20 heavy (non-hydrogen) atoms. The lowest BCUT2D eigenvalue weighted by Gasteiger charge is -2.33. The van der Waals surface area contributed by atoms with Crippen molar-refractivity contribution in [2.24, 2.45) is 5.41 Å². The van der Waals surface area contributed by atoms with Gasteiger partial charge >= 0.3 is 0 Å². The quantitative estimate of drug-likeness (QED) is 0.470. The van der Waals surface area contributed by atoms with Gasteiger partial charge in [0.15, 0.2) is 0 Å². The minimum Gasteiger partial charge on any atom is -0.505 e. The molecule has 0 heterocycles. The van der Waals surface area contributed by atoms with Crippen molar-refractivity contribution in [3.63, 3.8) is 0 Å². The predicted octanol–water partition coefficient (Wildman–Crippen LogP) is 4.81. The van der Waals surface area contributed by atoms with Crippen molar-refractivity contribution in [3.8, 4) is 5.75 Å². The molecule has 0 amide bonds. The molecule has 1 aromatic carbocycles. The van der Waals surface area contributed by atoms with Crippen molar-refractivity contribution in [1.82, 2.24) is 0 Å². The van der Waals surface area contributed by atoms with Crippen LogP contribution in [0.25, 0.3) is 0 Å². The average Bonchev–Trinajstić information content (AvgIpc) is 2.20. The van der Waals surface area contributed by atoms with E-state index in [-0.39, 0.29) is 16.6 Å². The van der Waals surface area contributed by atoms with Gasteiger partial charge in [0.1, 0.15) is 5.75 Å². The molecule has 0 atom stereocenters. The van der Waals surface area contributed by atoms with Gasteiger partial charge in [-0.15, -0.1) is 0 Å². The lowest BCUT2D eigenvalue weighted by atomic mass is 9.72. The molecule has 2 heteroatoms. The Morgan fingerprint density at radius 3 is 2.20 bits per heavy atom. The number of rotatable bonds is 4. The Kier molecular flexibility index (Phi) is 4.58. The van der Waals surface area contributed by atoms with Crippen LogP contribution in [-0.4, -0.2) is 5.11 Å². The highest BCUT2D eigenvalue weighted by atomic mass is 16.3. The SMILES string of the molecule is C=C(C)Cc1cc(C(C)(C)CC(C)(C)C)cc(N)c1O. The molecule has 0 aromatic heterocycles. The highest BCUT2D eigenvalue weighted by Gasteiger charge is 2.28. The summed E-state index contributed by atoms with van der Waals surface area (Å²) < 4.78 is 0. The Morgan fingerprint density at radius 2 is 1.75 bits per heavy atom. The molecule has 0 aliphatic carbocycles. The standard InChI is InChI=1S/C18H29NO/c1-12(2)8-13-9-14(10-15(19)16(13)20)18(6,7)11-17(3,4)5/h9-10,20H,1,8,11,19H2,2-7H3. The second-order valence-corrected chi connectivity index (χ2v) is 7.83. The van der Waals surface area contributed by atoms with Gasteiger partial charge in [-0.3, -0.25) is 0 Å². The van der Waals surface area contributed by atoms with Crippen molar-refractivity contribution in [3.05, 3.63) is 35.4 Å².